The molecule has 0 aliphatic rings. The fourth-order valence-corrected chi connectivity index (χ4v) is 1.94. The maximum atomic E-state index is 12.3. The molecule has 0 bridgehead atoms. The Morgan fingerprint density at radius 2 is 1.89 bits per heavy atom. The summed E-state index contributed by atoms with van der Waals surface area (Å²) in [6.45, 7) is 0.430. The first-order valence-corrected chi connectivity index (χ1v) is 5.94. The van der Waals surface area contributed by atoms with Crippen molar-refractivity contribution in [1.82, 2.24) is 4.98 Å². The Balaban J connectivity index is 1.98. The van der Waals surface area contributed by atoms with Gasteiger partial charge in [-0.25, -0.2) is 4.98 Å². The minimum atomic E-state index is -4.30. The number of aromatic nitrogens is 1. The summed E-state index contributed by atoms with van der Waals surface area (Å²) in [4.78, 5) is 4.04. The van der Waals surface area contributed by atoms with Gasteiger partial charge in [-0.05, 0) is 24.3 Å². The average molecular weight is 273 g/mol. The van der Waals surface area contributed by atoms with Gasteiger partial charge in [0.1, 0.15) is 0 Å². The maximum absolute atomic E-state index is 12.3. The molecule has 96 valence electrons. The molecule has 0 radical (unpaired) electrons. The summed E-state index contributed by atoms with van der Waals surface area (Å²) in [5, 5.41) is 5.24. The normalized spacial score (nSPS) is 11.5. The number of rotatable bonds is 3. The molecule has 0 spiro atoms. The molecule has 1 aromatic carbocycles. The first-order chi connectivity index (χ1) is 8.45. The van der Waals surface area contributed by atoms with Crippen LogP contribution in [0, 0.1) is 0 Å². The summed E-state index contributed by atoms with van der Waals surface area (Å²) in [5.74, 6) is 0. The predicted octanol–water partition coefficient (Wildman–Crippen LogP) is 3.36. The van der Waals surface area contributed by atoms with E-state index in [9.17, 15) is 13.2 Å². The number of nitrogens with zero attached hydrogens (tertiary/aromatic N) is 1. The lowest BCUT2D eigenvalue weighted by Gasteiger charge is -2.08. The quantitative estimate of drug-likeness (QED) is 0.901. The summed E-state index contributed by atoms with van der Waals surface area (Å²) in [7, 11) is 0. The first-order valence-electron chi connectivity index (χ1n) is 5.06. The lowest BCUT2D eigenvalue weighted by molar-refractivity contribution is -0.137. The van der Waals surface area contributed by atoms with Crippen molar-refractivity contribution in [2.24, 2.45) is 0 Å². The number of alkyl halides is 3. The van der Waals surface area contributed by atoms with Crippen LogP contribution in [0.5, 0.6) is 0 Å². The molecule has 1 heterocycles. The fraction of sp³-hybridized carbons (Fsp3) is 0.182. The van der Waals surface area contributed by atoms with E-state index in [1.165, 1.54) is 23.5 Å². The van der Waals surface area contributed by atoms with Crippen LogP contribution in [0.4, 0.5) is 24.0 Å². The largest absolute Gasteiger partial charge is 0.416 e. The fourth-order valence-electron chi connectivity index (χ4n) is 1.37. The number of halogens is 3. The highest BCUT2D eigenvalue weighted by molar-refractivity contribution is 7.13. The molecule has 1 aromatic heterocycles. The van der Waals surface area contributed by atoms with E-state index in [1.807, 2.05) is 0 Å². The molecule has 3 nitrogen and oxygen atoms in total. The Kier molecular flexibility index (Phi) is 3.42. The lowest BCUT2D eigenvalue weighted by atomic mass is 10.2. The molecule has 0 aliphatic heterocycles. The van der Waals surface area contributed by atoms with Crippen molar-refractivity contribution in [2.45, 2.75) is 12.7 Å². The molecule has 18 heavy (non-hydrogen) atoms. The van der Waals surface area contributed by atoms with E-state index >= 15 is 0 Å². The Bertz CT molecular complexity index is 519. The van der Waals surface area contributed by atoms with Crippen molar-refractivity contribution in [3.05, 3.63) is 40.9 Å². The average Bonchev–Trinajstić information content (AvgIpc) is 2.72. The van der Waals surface area contributed by atoms with Gasteiger partial charge in [-0.15, -0.1) is 11.3 Å². The van der Waals surface area contributed by atoms with Gasteiger partial charge in [-0.2, -0.15) is 13.2 Å². The Labute approximate surface area is 105 Å². The van der Waals surface area contributed by atoms with Crippen molar-refractivity contribution in [1.29, 1.82) is 0 Å². The smallest absolute Gasteiger partial charge is 0.379 e. The second kappa shape index (κ2) is 4.85. The van der Waals surface area contributed by atoms with Crippen molar-refractivity contribution < 1.29 is 13.2 Å². The monoisotopic (exact) mass is 273 g/mol. The number of nitrogens with two attached hydrogens (primary N) is 1. The molecule has 0 fully saturated rings. The van der Waals surface area contributed by atoms with E-state index < -0.39 is 11.7 Å². The van der Waals surface area contributed by atoms with E-state index in [2.05, 4.69) is 10.3 Å². The van der Waals surface area contributed by atoms with Crippen LogP contribution in [0.3, 0.4) is 0 Å². The van der Waals surface area contributed by atoms with Crippen LogP contribution >= 0.6 is 11.3 Å². The summed E-state index contributed by atoms with van der Waals surface area (Å²) < 4.78 is 37.0. The van der Waals surface area contributed by atoms with Crippen LogP contribution in [-0.2, 0) is 12.7 Å². The van der Waals surface area contributed by atoms with E-state index in [0.717, 1.165) is 17.8 Å². The van der Waals surface area contributed by atoms with Gasteiger partial charge in [0.15, 0.2) is 5.13 Å². The summed E-state index contributed by atoms with van der Waals surface area (Å²) in [6.07, 6.45) is -4.30. The highest BCUT2D eigenvalue weighted by Gasteiger charge is 2.29. The number of thiazole rings is 1. The number of nitrogens with one attached hydrogen (secondary N) is 1. The molecule has 7 heteroatoms. The SMILES string of the molecule is Nc1nc(CNc2ccc(C(F)(F)F)cc2)cs1. The molecule has 0 saturated carbocycles. The molecule has 0 saturated heterocycles. The van der Waals surface area contributed by atoms with Crippen LogP contribution in [0.1, 0.15) is 11.3 Å². The highest BCUT2D eigenvalue weighted by Crippen LogP contribution is 2.29. The predicted molar refractivity (Wildman–Crippen MR) is 65.3 cm³/mol. The second-order valence-corrected chi connectivity index (χ2v) is 4.50. The summed E-state index contributed by atoms with van der Waals surface area (Å²) in [5.41, 5.74) is 6.18. The molecular formula is C11H10F3N3S. The summed E-state index contributed by atoms with van der Waals surface area (Å²) in [6, 6.07) is 4.85. The Morgan fingerprint density at radius 3 is 2.39 bits per heavy atom. The number of hydrogen-bond acceptors (Lipinski definition) is 4. The third kappa shape index (κ3) is 3.13. The number of nitrogen functional groups attached to an aromatic ring is 1. The van der Waals surface area contributed by atoms with Crippen molar-refractivity contribution in [2.75, 3.05) is 11.1 Å². The van der Waals surface area contributed by atoms with E-state index in [0.29, 0.717) is 17.4 Å². The second-order valence-electron chi connectivity index (χ2n) is 3.61. The molecule has 0 aliphatic carbocycles. The van der Waals surface area contributed by atoms with Gasteiger partial charge in [-0.3, -0.25) is 0 Å². The summed E-state index contributed by atoms with van der Waals surface area (Å²) >= 11 is 1.32. The van der Waals surface area contributed by atoms with Gasteiger partial charge >= 0.3 is 6.18 Å². The third-order valence-electron chi connectivity index (χ3n) is 2.26. The van der Waals surface area contributed by atoms with Crippen LogP contribution in [0.25, 0.3) is 0 Å². The van der Waals surface area contributed by atoms with Crippen LogP contribution < -0.4 is 11.1 Å². The standard InChI is InChI=1S/C11H10F3N3S/c12-11(13,14)7-1-3-8(4-2-7)16-5-9-6-18-10(15)17-9/h1-4,6,16H,5H2,(H2,15,17). The Hall–Kier alpha value is -1.76. The first kappa shape index (κ1) is 12.7. The molecule has 0 atom stereocenters. The highest BCUT2D eigenvalue weighted by atomic mass is 32.1. The van der Waals surface area contributed by atoms with Crippen LogP contribution in [0.15, 0.2) is 29.6 Å². The third-order valence-corrected chi connectivity index (χ3v) is 2.98. The minimum absolute atomic E-state index is 0.430. The van der Waals surface area contributed by atoms with Gasteiger partial charge in [0.05, 0.1) is 17.8 Å². The van der Waals surface area contributed by atoms with E-state index in [4.69, 9.17) is 5.73 Å². The molecule has 2 aromatic rings. The number of hydrogen-bond donors (Lipinski definition) is 2. The number of benzene rings is 1. The van der Waals surface area contributed by atoms with Crippen LogP contribution in [0.2, 0.25) is 0 Å². The van der Waals surface area contributed by atoms with Crippen molar-refractivity contribution >= 4 is 22.2 Å². The molecular weight excluding hydrogens is 263 g/mol. The molecule has 0 amide bonds. The van der Waals surface area contributed by atoms with Gasteiger partial charge in [0, 0.05) is 11.1 Å². The van der Waals surface area contributed by atoms with Crippen LogP contribution in [-0.4, -0.2) is 4.98 Å². The van der Waals surface area contributed by atoms with Crippen molar-refractivity contribution in [3.8, 4) is 0 Å². The molecule has 3 N–H and O–H groups in total. The lowest BCUT2D eigenvalue weighted by Crippen LogP contribution is -2.05. The van der Waals surface area contributed by atoms with Gasteiger partial charge in [-0.1, -0.05) is 0 Å². The minimum Gasteiger partial charge on any atom is -0.379 e. The van der Waals surface area contributed by atoms with Crippen molar-refractivity contribution in [3.63, 3.8) is 0 Å². The van der Waals surface area contributed by atoms with Gasteiger partial charge in [0.25, 0.3) is 0 Å². The zero-order valence-electron chi connectivity index (χ0n) is 9.16. The zero-order chi connectivity index (χ0) is 13.2. The Morgan fingerprint density at radius 1 is 1.22 bits per heavy atom. The topological polar surface area (TPSA) is 50.9 Å². The van der Waals surface area contributed by atoms with E-state index in [1.54, 1.807) is 5.38 Å². The number of anilines is 2. The maximum Gasteiger partial charge on any atom is 0.416 e. The molecule has 2 rings (SSSR count). The van der Waals surface area contributed by atoms with Gasteiger partial charge < -0.3 is 11.1 Å². The van der Waals surface area contributed by atoms with E-state index in [-0.39, 0.29) is 0 Å². The molecule has 0 unspecified atom stereocenters. The van der Waals surface area contributed by atoms with Gasteiger partial charge in [0.2, 0.25) is 0 Å². The zero-order valence-corrected chi connectivity index (χ0v) is 9.98.